The lowest BCUT2D eigenvalue weighted by Crippen LogP contribution is -2.60. The number of carbonyl (C=O) groups excluding carboxylic acids is 1. The van der Waals surface area contributed by atoms with Crippen LogP contribution in [0.2, 0.25) is 0 Å². The first-order valence-corrected chi connectivity index (χ1v) is 12.8. The average molecular weight is 439 g/mol. The summed E-state index contributed by atoms with van der Waals surface area (Å²) < 4.78 is 32.5. The fourth-order valence-electron chi connectivity index (χ4n) is 4.71. The predicted octanol–water partition coefficient (Wildman–Crippen LogP) is 2.02. The van der Waals surface area contributed by atoms with Gasteiger partial charge >= 0.3 is 0 Å². The third-order valence-corrected chi connectivity index (χ3v) is 6.96. The quantitative estimate of drug-likeness (QED) is 0.679. The zero-order valence-corrected chi connectivity index (χ0v) is 18.7. The van der Waals surface area contributed by atoms with E-state index < -0.39 is 28.2 Å². The van der Waals surface area contributed by atoms with E-state index in [1.807, 2.05) is 6.07 Å². The number of likely N-dealkylation sites (tertiary alicyclic amines) is 1. The highest BCUT2D eigenvalue weighted by molar-refractivity contribution is 7.88. The summed E-state index contributed by atoms with van der Waals surface area (Å²) >= 11 is 0. The number of benzene rings is 1. The third kappa shape index (κ3) is 6.26. The van der Waals surface area contributed by atoms with E-state index in [-0.39, 0.29) is 18.6 Å². The lowest BCUT2D eigenvalue weighted by molar-refractivity contribution is -0.146. The molecule has 1 heterocycles. The minimum absolute atomic E-state index is 0.106. The van der Waals surface area contributed by atoms with Gasteiger partial charge in [-0.25, -0.2) is 13.1 Å². The first-order valence-electron chi connectivity index (χ1n) is 10.9. The zero-order chi connectivity index (χ0) is 21.7. The number of nitrogens with one attached hydrogen (secondary N) is 1. The van der Waals surface area contributed by atoms with Gasteiger partial charge in [0.15, 0.2) is 0 Å². The van der Waals surface area contributed by atoms with Crippen molar-refractivity contribution in [3.8, 4) is 0 Å². The number of aliphatic hydroxyl groups is 1. The summed E-state index contributed by atoms with van der Waals surface area (Å²) in [6.45, 7) is 2.21. The highest BCUT2D eigenvalue weighted by Crippen LogP contribution is 2.34. The molecule has 1 aliphatic carbocycles. The Morgan fingerprint density at radius 1 is 1.20 bits per heavy atom. The van der Waals surface area contributed by atoms with Crippen molar-refractivity contribution in [2.45, 2.75) is 75.7 Å². The minimum Gasteiger partial charge on any atom is -0.384 e. The van der Waals surface area contributed by atoms with Crippen LogP contribution in [0.15, 0.2) is 30.3 Å². The van der Waals surface area contributed by atoms with E-state index >= 15 is 0 Å². The van der Waals surface area contributed by atoms with Gasteiger partial charge in [0.1, 0.15) is 6.10 Å². The maximum atomic E-state index is 12.5. The average Bonchev–Trinajstić information content (AvgIpc) is 2.72. The topological polar surface area (TPSA) is 95.9 Å². The van der Waals surface area contributed by atoms with Crippen LogP contribution in [0.3, 0.4) is 0 Å². The Hall–Kier alpha value is -1.48. The normalized spacial score (nSPS) is 28.8. The van der Waals surface area contributed by atoms with Gasteiger partial charge in [0, 0.05) is 12.6 Å². The molecule has 2 fully saturated rings. The molecule has 1 aromatic carbocycles. The number of amides is 1. The van der Waals surface area contributed by atoms with E-state index in [0.29, 0.717) is 25.3 Å². The van der Waals surface area contributed by atoms with Gasteiger partial charge in [0.05, 0.1) is 25.0 Å². The fraction of sp³-hybridized carbons (Fsp3) is 0.682. The Morgan fingerprint density at radius 2 is 1.87 bits per heavy atom. The molecule has 0 bridgehead atoms. The minimum atomic E-state index is -3.41. The first-order chi connectivity index (χ1) is 14.2. The van der Waals surface area contributed by atoms with E-state index in [4.69, 9.17) is 4.74 Å². The molecule has 3 atom stereocenters. The Kier molecular flexibility index (Phi) is 7.90. The van der Waals surface area contributed by atoms with Crippen LogP contribution in [0, 0.1) is 0 Å². The highest BCUT2D eigenvalue weighted by atomic mass is 32.2. The van der Waals surface area contributed by atoms with Gasteiger partial charge in [-0.1, -0.05) is 30.3 Å². The molecule has 0 aromatic heterocycles. The molecule has 2 aliphatic rings. The van der Waals surface area contributed by atoms with Gasteiger partial charge in [0.25, 0.3) is 5.91 Å². The van der Waals surface area contributed by atoms with Crippen molar-refractivity contribution in [3.63, 3.8) is 0 Å². The SMILES string of the molecule is CC(O)C(=O)N1CCC[C@H](NS(C)(=O)=O)[C@@H]1COC1CCC(c2ccccc2)CC1. The Labute approximate surface area is 179 Å². The molecular formula is C22H34N2O5S. The van der Waals surface area contributed by atoms with Crippen LogP contribution >= 0.6 is 0 Å². The number of nitrogens with zero attached hydrogens (tertiary/aromatic N) is 1. The maximum Gasteiger partial charge on any atom is 0.251 e. The van der Waals surface area contributed by atoms with Gasteiger partial charge in [-0.05, 0) is 56.9 Å². The lowest BCUT2D eigenvalue weighted by atomic mass is 9.83. The molecule has 1 unspecified atom stereocenters. The van der Waals surface area contributed by atoms with Crippen molar-refractivity contribution in [3.05, 3.63) is 35.9 Å². The van der Waals surface area contributed by atoms with Crippen LogP contribution in [-0.2, 0) is 19.6 Å². The van der Waals surface area contributed by atoms with Crippen molar-refractivity contribution in [2.24, 2.45) is 0 Å². The molecule has 30 heavy (non-hydrogen) atoms. The molecule has 168 valence electrons. The zero-order valence-electron chi connectivity index (χ0n) is 17.9. The maximum absolute atomic E-state index is 12.5. The summed E-state index contributed by atoms with van der Waals surface area (Å²) in [6, 6.07) is 9.71. The summed E-state index contributed by atoms with van der Waals surface area (Å²) in [4.78, 5) is 14.1. The number of sulfonamides is 1. The Balaban J connectivity index is 1.61. The van der Waals surface area contributed by atoms with E-state index in [0.717, 1.165) is 31.9 Å². The van der Waals surface area contributed by atoms with Crippen molar-refractivity contribution in [1.82, 2.24) is 9.62 Å². The lowest BCUT2D eigenvalue weighted by Gasteiger charge is -2.42. The predicted molar refractivity (Wildman–Crippen MR) is 116 cm³/mol. The first kappa shape index (κ1) is 23.2. The summed E-state index contributed by atoms with van der Waals surface area (Å²) in [7, 11) is -3.41. The van der Waals surface area contributed by atoms with Gasteiger partial charge < -0.3 is 14.7 Å². The summed E-state index contributed by atoms with van der Waals surface area (Å²) in [5.74, 6) is 0.171. The molecule has 1 saturated heterocycles. The van der Waals surface area contributed by atoms with Crippen molar-refractivity contribution < 1.29 is 23.1 Å². The standard InChI is InChI=1S/C22H34N2O5S/c1-16(25)22(26)24-14-6-9-20(23-30(2,27)28)21(24)15-29-19-12-10-18(11-13-19)17-7-4-3-5-8-17/h3-5,7-8,16,18-21,23,25H,6,9-15H2,1-2H3/t16?,18?,19?,20-,21-/m0/s1. The second kappa shape index (κ2) is 10.2. The molecule has 2 N–H and O–H groups in total. The number of hydrogen-bond donors (Lipinski definition) is 2. The van der Waals surface area contributed by atoms with Gasteiger partial charge in [-0.3, -0.25) is 4.79 Å². The van der Waals surface area contributed by atoms with E-state index in [2.05, 4.69) is 29.0 Å². The molecule has 1 aromatic rings. The smallest absolute Gasteiger partial charge is 0.251 e. The Morgan fingerprint density at radius 3 is 2.47 bits per heavy atom. The van der Waals surface area contributed by atoms with Gasteiger partial charge in [-0.2, -0.15) is 0 Å². The molecule has 1 saturated carbocycles. The van der Waals surface area contributed by atoms with Crippen LogP contribution in [0.4, 0.5) is 0 Å². The second-order valence-electron chi connectivity index (χ2n) is 8.63. The number of carbonyl (C=O) groups is 1. The molecule has 1 aliphatic heterocycles. The van der Waals surface area contributed by atoms with E-state index in [1.165, 1.54) is 12.5 Å². The van der Waals surface area contributed by atoms with Crippen LogP contribution in [0.25, 0.3) is 0 Å². The van der Waals surface area contributed by atoms with Crippen LogP contribution in [-0.4, -0.2) is 68.0 Å². The highest BCUT2D eigenvalue weighted by Gasteiger charge is 2.37. The van der Waals surface area contributed by atoms with Crippen molar-refractivity contribution in [2.75, 3.05) is 19.4 Å². The summed E-state index contributed by atoms with van der Waals surface area (Å²) in [6.07, 6.45) is 5.45. The molecule has 1 amide bonds. The van der Waals surface area contributed by atoms with Gasteiger partial charge in [0.2, 0.25) is 10.0 Å². The number of ether oxygens (including phenoxy) is 1. The number of aliphatic hydroxyl groups excluding tert-OH is 1. The van der Waals surface area contributed by atoms with Crippen molar-refractivity contribution >= 4 is 15.9 Å². The number of hydrogen-bond acceptors (Lipinski definition) is 5. The van der Waals surface area contributed by atoms with E-state index in [1.54, 1.807) is 4.90 Å². The largest absolute Gasteiger partial charge is 0.384 e. The molecule has 8 heteroatoms. The third-order valence-electron chi connectivity index (χ3n) is 6.23. The van der Waals surface area contributed by atoms with Crippen LogP contribution in [0.5, 0.6) is 0 Å². The number of rotatable bonds is 7. The molecular weight excluding hydrogens is 404 g/mol. The van der Waals surface area contributed by atoms with Crippen LogP contribution < -0.4 is 4.72 Å². The van der Waals surface area contributed by atoms with E-state index in [9.17, 15) is 18.3 Å². The molecule has 3 rings (SSSR count). The summed E-state index contributed by atoms with van der Waals surface area (Å²) in [5.41, 5.74) is 1.37. The van der Waals surface area contributed by atoms with Crippen LogP contribution in [0.1, 0.15) is 56.9 Å². The Bertz CT molecular complexity index is 791. The summed E-state index contributed by atoms with van der Waals surface area (Å²) in [5, 5.41) is 9.79. The fourth-order valence-corrected chi connectivity index (χ4v) is 5.54. The number of piperidine rings is 1. The van der Waals surface area contributed by atoms with Gasteiger partial charge in [-0.15, -0.1) is 0 Å². The molecule has 0 spiro atoms. The van der Waals surface area contributed by atoms with Crippen molar-refractivity contribution in [1.29, 1.82) is 0 Å². The molecule has 7 nitrogen and oxygen atoms in total. The second-order valence-corrected chi connectivity index (χ2v) is 10.4. The molecule has 0 radical (unpaired) electrons. The monoisotopic (exact) mass is 438 g/mol.